The van der Waals surface area contributed by atoms with Crippen molar-refractivity contribution in [1.29, 1.82) is 0 Å². The third-order valence-electron chi connectivity index (χ3n) is 2.88. The van der Waals surface area contributed by atoms with E-state index in [0.717, 1.165) is 6.54 Å². The molecule has 78 valence electrons. The van der Waals surface area contributed by atoms with Gasteiger partial charge >= 0.3 is 0 Å². The Labute approximate surface area is 82.5 Å². The van der Waals surface area contributed by atoms with E-state index < -0.39 is 0 Å². The minimum Gasteiger partial charge on any atom is -0.330 e. The smallest absolute Gasteiger partial charge is 0.00187 e. The molecule has 1 aliphatic rings. The molecule has 0 aromatic carbocycles. The fourth-order valence-corrected chi connectivity index (χ4v) is 2.02. The van der Waals surface area contributed by atoms with Gasteiger partial charge in [0, 0.05) is 0 Å². The number of piperidine rings is 1. The van der Waals surface area contributed by atoms with E-state index in [4.69, 9.17) is 5.73 Å². The van der Waals surface area contributed by atoms with Crippen LogP contribution in [0, 0.1) is 0 Å². The second-order valence-corrected chi connectivity index (χ2v) is 4.11. The summed E-state index contributed by atoms with van der Waals surface area (Å²) in [4.78, 5) is 2.62. The zero-order valence-corrected chi connectivity index (χ0v) is 8.80. The molecule has 0 radical (unpaired) electrons. The molecule has 2 nitrogen and oxygen atoms in total. The van der Waals surface area contributed by atoms with Crippen LogP contribution >= 0.6 is 0 Å². The van der Waals surface area contributed by atoms with Crippen LogP contribution in [-0.2, 0) is 0 Å². The van der Waals surface area contributed by atoms with Crippen LogP contribution in [0.2, 0.25) is 0 Å². The monoisotopic (exact) mass is 184 g/mol. The summed E-state index contributed by atoms with van der Waals surface area (Å²) in [5.41, 5.74) is 5.44. The minimum atomic E-state index is 0.865. The summed E-state index contributed by atoms with van der Waals surface area (Å²) in [6.07, 6.45) is 9.56. The van der Waals surface area contributed by atoms with Gasteiger partial charge in [-0.25, -0.2) is 0 Å². The Morgan fingerprint density at radius 2 is 1.54 bits per heavy atom. The maximum atomic E-state index is 5.44. The molecule has 0 aliphatic carbocycles. The maximum absolute atomic E-state index is 5.44. The highest BCUT2D eigenvalue weighted by Crippen LogP contribution is 2.10. The van der Waals surface area contributed by atoms with Gasteiger partial charge in [0.2, 0.25) is 0 Å². The summed E-state index contributed by atoms with van der Waals surface area (Å²) < 4.78 is 0. The Kier molecular flexibility index (Phi) is 6.21. The summed E-state index contributed by atoms with van der Waals surface area (Å²) in [5, 5.41) is 0. The zero-order valence-electron chi connectivity index (χ0n) is 8.80. The predicted octanol–water partition coefficient (Wildman–Crippen LogP) is 1.99. The highest BCUT2D eigenvalue weighted by Gasteiger charge is 2.08. The van der Waals surface area contributed by atoms with Crippen LogP contribution in [0.1, 0.15) is 44.9 Å². The van der Waals surface area contributed by atoms with E-state index in [1.807, 2.05) is 0 Å². The van der Waals surface area contributed by atoms with Crippen LogP contribution in [0.25, 0.3) is 0 Å². The fourth-order valence-electron chi connectivity index (χ4n) is 2.02. The Balaban J connectivity index is 1.86. The van der Waals surface area contributed by atoms with Crippen LogP contribution in [0.15, 0.2) is 0 Å². The largest absolute Gasteiger partial charge is 0.330 e. The molecule has 0 atom stereocenters. The van der Waals surface area contributed by atoms with E-state index in [0.29, 0.717) is 0 Å². The topological polar surface area (TPSA) is 29.3 Å². The van der Waals surface area contributed by atoms with Crippen LogP contribution < -0.4 is 5.73 Å². The predicted molar refractivity (Wildman–Crippen MR) is 57.8 cm³/mol. The Bertz CT molecular complexity index is 109. The molecular weight excluding hydrogens is 160 g/mol. The minimum absolute atomic E-state index is 0.865. The Hall–Kier alpha value is -0.0800. The quantitative estimate of drug-likeness (QED) is 0.640. The van der Waals surface area contributed by atoms with Crippen molar-refractivity contribution in [3.8, 4) is 0 Å². The lowest BCUT2D eigenvalue weighted by molar-refractivity contribution is 0.224. The normalized spacial score (nSPS) is 19.2. The number of hydrogen-bond acceptors (Lipinski definition) is 2. The number of hydrogen-bond donors (Lipinski definition) is 1. The number of unbranched alkanes of at least 4 members (excludes halogenated alkanes) is 3. The summed E-state index contributed by atoms with van der Waals surface area (Å²) >= 11 is 0. The zero-order chi connectivity index (χ0) is 9.36. The molecular formula is C11H24N2. The third kappa shape index (κ3) is 5.27. The van der Waals surface area contributed by atoms with Crippen LogP contribution in [-0.4, -0.2) is 31.1 Å². The highest BCUT2D eigenvalue weighted by molar-refractivity contribution is 4.64. The number of nitrogens with zero attached hydrogens (tertiary/aromatic N) is 1. The highest BCUT2D eigenvalue weighted by atomic mass is 15.1. The molecule has 0 unspecified atom stereocenters. The molecule has 0 bridgehead atoms. The van der Waals surface area contributed by atoms with Gasteiger partial charge in [-0.3, -0.25) is 0 Å². The van der Waals surface area contributed by atoms with Gasteiger partial charge in [-0.1, -0.05) is 19.3 Å². The molecule has 2 heteroatoms. The average Bonchev–Trinajstić information content (AvgIpc) is 2.19. The molecule has 13 heavy (non-hydrogen) atoms. The van der Waals surface area contributed by atoms with Crippen molar-refractivity contribution in [3.63, 3.8) is 0 Å². The van der Waals surface area contributed by atoms with Gasteiger partial charge < -0.3 is 10.6 Å². The second-order valence-electron chi connectivity index (χ2n) is 4.11. The van der Waals surface area contributed by atoms with E-state index in [1.54, 1.807) is 0 Å². The first-order valence-corrected chi connectivity index (χ1v) is 5.86. The van der Waals surface area contributed by atoms with Crippen molar-refractivity contribution in [2.45, 2.75) is 44.9 Å². The summed E-state index contributed by atoms with van der Waals surface area (Å²) in [5.74, 6) is 0. The number of rotatable bonds is 6. The van der Waals surface area contributed by atoms with E-state index in [1.165, 1.54) is 64.6 Å². The molecule has 1 rings (SSSR count). The lowest BCUT2D eigenvalue weighted by Crippen LogP contribution is -2.30. The lowest BCUT2D eigenvalue weighted by atomic mass is 10.1. The molecule has 0 saturated carbocycles. The van der Waals surface area contributed by atoms with Gasteiger partial charge in [0.25, 0.3) is 0 Å². The van der Waals surface area contributed by atoms with Crippen molar-refractivity contribution < 1.29 is 0 Å². The van der Waals surface area contributed by atoms with E-state index in [9.17, 15) is 0 Å². The van der Waals surface area contributed by atoms with Gasteiger partial charge in [-0.2, -0.15) is 0 Å². The molecule has 1 fully saturated rings. The summed E-state index contributed by atoms with van der Waals surface area (Å²) in [6, 6.07) is 0. The first-order valence-electron chi connectivity index (χ1n) is 5.86. The van der Waals surface area contributed by atoms with Crippen LogP contribution in [0.3, 0.4) is 0 Å². The summed E-state index contributed by atoms with van der Waals surface area (Å²) in [7, 11) is 0. The van der Waals surface area contributed by atoms with Crippen LogP contribution in [0.5, 0.6) is 0 Å². The van der Waals surface area contributed by atoms with Gasteiger partial charge in [0.15, 0.2) is 0 Å². The maximum Gasteiger partial charge on any atom is -0.00187 e. The van der Waals surface area contributed by atoms with Crippen molar-refractivity contribution in [2.75, 3.05) is 26.2 Å². The SMILES string of the molecule is NCCCCCCN1CCCCC1. The summed E-state index contributed by atoms with van der Waals surface area (Å²) in [6.45, 7) is 4.88. The average molecular weight is 184 g/mol. The van der Waals surface area contributed by atoms with Crippen molar-refractivity contribution in [2.24, 2.45) is 5.73 Å². The van der Waals surface area contributed by atoms with Gasteiger partial charge in [0.1, 0.15) is 0 Å². The molecule has 0 aromatic rings. The Morgan fingerprint density at radius 1 is 0.846 bits per heavy atom. The standard InChI is InChI=1S/C11H24N2/c12-8-4-1-2-5-9-13-10-6-3-7-11-13/h1-12H2. The first kappa shape index (κ1) is 11.0. The number of likely N-dealkylation sites (tertiary alicyclic amines) is 1. The molecule has 1 aliphatic heterocycles. The van der Waals surface area contributed by atoms with E-state index >= 15 is 0 Å². The van der Waals surface area contributed by atoms with Crippen molar-refractivity contribution >= 4 is 0 Å². The fraction of sp³-hybridized carbons (Fsp3) is 1.00. The van der Waals surface area contributed by atoms with Crippen LogP contribution in [0.4, 0.5) is 0 Å². The van der Waals surface area contributed by atoms with Crippen molar-refractivity contribution in [1.82, 2.24) is 4.90 Å². The van der Waals surface area contributed by atoms with Crippen molar-refractivity contribution in [3.05, 3.63) is 0 Å². The lowest BCUT2D eigenvalue weighted by Gasteiger charge is -2.26. The van der Waals surface area contributed by atoms with Gasteiger partial charge in [-0.15, -0.1) is 0 Å². The molecule has 0 aromatic heterocycles. The molecule has 2 N–H and O–H groups in total. The van der Waals surface area contributed by atoms with E-state index in [-0.39, 0.29) is 0 Å². The van der Waals surface area contributed by atoms with Gasteiger partial charge in [0.05, 0.1) is 0 Å². The molecule has 0 amide bonds. The van der Waals surface area contributed by atoms with E-state index in [2.05, 4.69) is 4.90 Å². The Morgan fingerprint density at radius 3 is 2.23 bits per heavy atom. The molecule has 1 saturated heterocycles. The first-order chi connectivity index (χ1) is 6.43. The van der Waals surface area contributed by atoms with Gasteiger partial charge in [-0.05, 0) is 51.9 Å². The third-order valence-corrected chi connectivity index (χ3v) is 2.88. The molecule has 0 spiro atoms. The second kappa shape index (κ2) is 7.34. The number of nitrogens with two attached hydrogens (primary N) is 1. The molecule has 1 heterocycles.